The van der Waals surface area contributed by atoms with Crippen LogP contribution in [0, 0.1) is 0 Å². The van der Waals surface area contributed by atoms with Crippen molar-refractivity contribution in [2.45, 2.75) is 18.8 Å². The third kappa shape index (κ3) is 2.05. The molecule has 0 fully saturated rings. The lowest BCUT2D eigenvalue weighted by molar-refractivity contribution is -0.151. The number of rotatable bonds is 2. The van der Waals surface area contributed by atoms with Crippen LogP contribution in [-0.2, 0) is 0 Å². The van der Waals surface area contributed by atoms with E-state index in [0.29, 0.717) is 11.3 Å². The van der Waals surface area contributed by atoms with Crippen LogP contribution in [0.5, 0.6) is 11.5 Å². The van der Waals surface area contributed by atoms with E-state index in [1.165, 1.54) is 24.3 Å². The van der Waals surface area contributed by atoms with Gasteiger partial charge in [-0.2, -0.15) is 0 Å². The first-order valence-corrected chi connectivity index (χ1v) is 5.30. The molecule has 1 aliphatic heterocycles. The molecule has 4 heteroatoms. The molecule has 0 aliphatic carbocycles. The second-order valence-corrected chi connectivity index (χ2v) is 3.86. The van der Waals surface area contributed by atoms with Crippen LogP contribution in [0.1, 0.15) is 18.6 Å². The zero-order valence-corrected chi connectivity index (χ0v) is 9.37. The van der Waals surface area contributed by atoms with Crippen molar-refractivity contribution in [3.63, 3.8) is 0 Å². The van der Waals surface area contributed by atoms with Crippen molar-refractivity contribution in [1.82, 2.24) is 0 Å². The second-order valence-electron chi connectivity index (χ2n) is 3.86. The van der Waals surface area contributed by atoms with Gasteiger partial charge in [-0.1, -0.05) is 18.2 Å². The van der Waals surface area contributed by atoms with E-state index in [1.807, 2.05) is 6.92 Å². The Labute approximate surface area is 99.1 Å². The number of ether oxygens (including phenoxy) is 1. The van der Waals surface area contributed by atoms with Crippen molar-refractivity contribution in [1.29, 1.82) is 0 Å². The Morgan fingerprint density at radius 2 is 2.12 bits per heavy atom. The summed E-state index contributed by atoms with van der Waals surface area (Å²) in [6.45, 7) is 1.84. The van der Waals surface area contributed by atoms with Gasteiger partial charge in [-0.25, -0.2) is 0 Å². The van der Waals surface area contributed by atoms with Gasteiger partial charge in [0.15, 0.2) is 6.10 Å². The molecule has 0 radical (unpaired) electrons. The van der Waals surface area contributed by atoms with Crippen LogP contribution in [0.2, 0.25) is 0 Å². The Bertz CT molecular complexity index is 478. The Kier molecular flexibility index (Phi) is 2.92. The van der Waals surface area contributed by atoms with Crippen LogP contribution in [0.3, 0.4) is 0 Å². The summed E-state index contributed by atoms with van der Waals surface area (Å²) in [4.78, 5) is 0. The number of fused-ring (bicyclic) bond motifs is 1. The molecule has 2 unspecified atom stereocenters. The molecule has 2 atom stereocenters. The summed E-state index contributed by atoms with van der Waals surface area (Å²) in [7, 11) is 0. The van der Waals surface area contributed by atoms with Gasteiger partial charge in [0.2, 0.25) is 0 Å². The van der Waals surface area contributed by atoms with E-state index >= 15 is 0 Å². The van der Waals surface area contributed by atoms with E-state index in [2.05, 4.69) is 0 Å². The van der Waals surface area contributed by atoms with Gasteiger partial charge in [-0.3, -0.25) is 0 Å². The van der Waals surface area contributed by atoms with E-state index in [4.69, 9.17) is 4.74 Å². The number of benzene rings is 1. The highest BCUT2D eigenvalue weighted by atomic mass is 16.6. The monoisotopic (exact) mass is 234 g/mol. The third-order valence-electron chi connectivity index (χ3n) is 2.59. The normalized spacial score (nSPS) is 27.6. The van der Waals surface area contributed by atoms with Crippen molar-refractivity contribution < 1.29 is 20.1 Å². The Morgan fingerprint density at radius 3 is 2.82 bits per heavy atom. The van der Waals surface area contributed by atoms with E-state index in [-0.39, 0.29) is 5.75 Å². The first-order valence-electron chi connectivity index (χ1n) is 5.30. The van der Waals surface area contributed by atoms with E-state index in [9.17, 15) is 15.3 Å². The maximum atomic E-state index is 10.1. The van der Waals surface area contributed by atoms with Gasteiger partial charge in [0, 0.05) is 5.56 Å². The molecule has 2 rings (SSSR count). The lowest BCUT2D eigenvalue weighted by Crippen LogP contribution is -2.35. The first-order chi connectivity index (χ1) is 8.07. The Balaban J connectivity index is 2.32. The Hall–Kier alpha value is -1.78. The van der Waals surface area contributed by atoms with Crippen molar-refractivity contribution in [2.24, 2.45) is 0 Å². The molecule has 1 aromatic carbocycles. The fourth-order valence-electron chi connectivity index (χ4n) is 1.73. The smallest absolute Gasteiger partial charge is 0.258 e. The van der Waals surface area contributed by atoms with Gasteiger partial charge < -0.3 is 20.1 Å². The van der Waals surface area contributed by atoms with Gasteiger partial charge >= 0.3 is 0 Å². The largest absolute Gasteiger partial charge is 0.508 e. The van der Waals surface area contributed by atoms with E-state index in [1.54, 1.807) is 18.2 Å². The average molecular weight is 234 g/mol. The number of aliphatic hydroxyl groups excluding tert-OH is 1. The number of phenolic OH excluding ortho intramolecular Hbond substituents is 1. The topological polar surface area (TPSA) is 69.9 Å². The molecule has 1 aliphatic rings. The minimum absolute atomic E-state index is 0.0214. The summed E-state index contributed by atoms with van der Waals surface area (Å²) in [5.74, 6) is -1.40. The van der Waals surface area contributed by atoms with E-state index < -0.39 is 11.9 Å². The third-order valence-corrected chi connectivity index (χ3v) is 2.59. The molecule has 1 aromatic rings. The van der Waals surface area contributed by atoms with Crippen LogP contribution in [0.25, 0.3) is 0 Å². The van der Waals surface area contributed by atoms with Crippen molar-refractivity contribution in [2.75, 3.05) is 0 Å². The number of hydrogen-bond acceptors (Lipinski definition) is 4. The maximum absolute atomic E-state index is 10.1. The summed E-state index contributed by atoms with van der Waals surface area (Å²) >= 11 is 0. The predicted molar refractivity (Wildman–Crippen MR) is 62.6 cm³/mol. The van der Waals surface area contributed by atoms with Gasteiger partial charge in [-0.05, 0) is 31.2 Å². The summed E-state index contributed by atoms with van der Waals surface area (Å²) < 4.78 is 5.28. The van der Waals surface area contributed by atoms with Gasteiger partial charge in [0.1, 0.15) is 11.5 Å². The summed E-state index contributed by atoms with van der Waals surface area (Å²) in [6, 6.07) is 4.32. The highest BCUT2D eigenvalue weighted by molar-refractivity contribution is 5.46. The zero-order chi connectivity index (χ0) is 12.5. The van der Waals surface area contributed by atoms with Crippen molar-refractivity contribution in [3.05, 3.63) is 48.1 Å². The molecule has 17 heavy (non-hydrogen) atoms. The standard InChI is InChI=1S/C13H14O4/c1-2-3-4-7-13(16)12(15)10-8-9(14)5-6-11(10)17-13/h2-8,12,14-16H,1H3. The minimum Gasteiger partial charge on any atom is -0.508 e. The molecular formula is C13H14O4. The molecule has 3 N–H and O–H groups in total. The predicted octanol–water partition coefficient (Wildman–Crippen LogP) is 1.64. The molecular weight excluding hydrogens is 220 g/mol. The highest BCUT2D eigenvalue weighted by Gasteiger charge is 2.44. The number of phenols is 1. The number of aliphatic hydroxyl groups is 2. The van der Waals surface area contributed by atoms with Crippen LogP contribution in [0.4, 0.5) is 0 Å². The fraction of sp³-hybridized carbons (Fsp3) is 0.231. The molecule has 1 heterocycles. The lowest BCUT2D eigenvalue weighted by Gasteiger charge is -2.21. The average Bonchev–Trinajstić information content (AvgIpc) is 2.53. The van der Waals surface area contributed by atoms with Crippen LogP contribution >= 0.6 is 0 Å². The minimum atomic E-state index is -1.78. The molecule has 0 amide bonds. The zero-order valence-electron chi connectivity index (χ0n) is 9.37. The number of allylic oxidation sites excluding steroid dienone is 3. The van der Waals surface area contributed by atoms with Crippen molar-refractivity contribution in [3.8, 4) is 11.5 Å². The van der Waals surface area contributed by atoms with Crippen LogP contribution < -0.4 is 4.74 Å². The molecule has 0 spiro atoms. The fourth-order valence-corrected chi connectivity index (χ4v) is 1.73. The second kappa shape index (κ2) is 4.24. The molecule has 0 aromatic heterocycles. The lowest BCUT2D eigenvalue weighted by atomic mass is 10.0. The van der Waals surface area contributed by atoms with Gasteiger partial charge in [0.25, 0.3) is 5.79 Å². The number of aromatic hydroxyl groups is 1. The molecule has 4 nitrogen and oxygen atoms in total. The first kappa shape index (κ1) is 11.7. The van der Waals surface area contributed by atoms with Crippen molar-refractivity contribution >= 4 is 0 Å². The van der Waals surface area contributed by atoms with E-state index in [0.717, 1.165) is 0 Å². The highest BCUT2D eigenvalue weighted by Crippen LogP contribution is 2.43. The SMILES string of the molecule is CC=CC=CC1(O)Oc2ccc(O)cc2C1O. The Morgan fingerprint density at radius 1 is 1.35 bits per heavy atom. The number of hydrogen-bond donors (Lipinski definition) is 3. The molecule has 90 valence electrons. The summed E-state index contributed by atoms with van der Waals surface area (Å²) in [6.07, 6.45) is 5.25. The molecule has 0 saturated heterocycles. The van der Waals surface area contributed by atoms with Crippen LogP contribution in [0.15, 0.2) is 42.5 Å². The quantitative estimate of drug-likeness (QED) is 0.680. The summed E-state index contributed by atoms with van der Waals surface area (Å²) in [5.41, 5.74) is 0.373. The van der Waals surface area contributed by atoms with Gasteiger partial charge in [-0.15, -0.1) is 0 Å². The van der Waals surface area contributed by atoms with Crippen LogP contribution in [-0.4, -0.2) is 21.1 Å². The van der Waals surface area contributed by atoms with Gasteiger partial charge in [0.05, 0.1) is 0 Å². The maximum Gasteiger partial charge on any atom is 0.258 e. The molecule has 0 saturated carbocycles. The molecule has 0 bridgehead atoms. The summed E-state index contributed by atoms with van der Waals surface area (Å²) in [5, 5.41) is 29.4.